The van der Waals surface area contributed by atoms with Crippen LogP contribution in [-0.2, 0) is 6.18 Å². The van der Waals surface area contributed by atoms with Gasteiger partial charge in [0.2, 0.25) is 0 Å². The SMILES string of the molecule is CCC1CN(c2ccc(C(F)(F)F)cc2Cl)C(CC)CN1. The Morgan fingerprint density at radius 3 is 2.52 bits per heavy atom. The summed E-state index contributed by atoms with van der Waals surface area (Å²) in [6.07, 6.45) is -2.46. The Kier molecular flexibility index (Phi) is 5.04. The molecule has 1 saturated heterocycles. The van der Waals surface area contributed by atoms with Crippen LogP contribution in [0.1, 0.15) is 32.3 Å². The van der Waals surface area contributed by atoms with Gasteiger partial charge in [0.05, 0.1) is 16.3 Å². The van der Waals surface area contributed by atoms with Gasteiger partial charge in [-0.15, -0.1) is 0 Å². The van der Waals surface area contributed by atoms with Gasteiger partial charge in [-0.05, 0) is 31.0 Å². The van der Waals surface area contributed by atoms with Crippen LogP contribution in [0.2, 0.25) is 5.02 Å². The molecule has 1 aliphatic rings. The first-order chi connectivity index (χ1) is 9.86. The lowest BCUT2D eigenvalue weighted by molar-refractivity contribution is -0.137. The van der Waals surface area contributed by atoms with Crippen molar-refractivity contribution in [3.8, 4) is 0 Å². The molecule has 1 heterocycles. The van der Waals surface area contributed by atoms with E-state index in [0.29, 0.717) is 11.7 Å². The maximum Gasteiger partial charge on any atom is 0.416 e. The topological polar surface area (TPSA) is 15.3 Å². The number of nitrogens with zero attached hydrogens (tertiary/aromatic N) is 1. The van der Waals surface area contributed by atoms with E-state index in [4.69, 9.17) is 11.6 Å². The van der Waals surface area contributed by atoms with Gasteiger partial charge in [-0.25, -0.2) is 0 Å². The third-order valence-corrected chi connectivity index (χ3v) is 4.35. The first-order valence-electron chi connectivity index (χ1n) is 7.23. The van der Waals surface area contributed by atoms with Crippen LogP contribution in [0.5, 0.6) is 0 Å². The molecule has 1 aliphatic heterocycles. The summed E-state index contributed by atoms with van der Waals surface area (Å²) in [5.74, 6) is 0. The third-order valence-electron chi connectivity index (χ3n) is 4.05. The number of hydrogen-bond donors (Lipinski definition) is 1. The zero-order valence-electron chi connectivity index (χ0n) is 12.2. The molecule has 6 heteroatoms. The van der Waals surface area contributed by atoms with E-state index in [1.165, 1.54) is 6.07 Å². The molecule has 1 N–H and O–H groups in total. The fraction of sp³-hybridized carbons (Fsp3) is 0.600. The molecule has 0 radical (unpaired) electrons. The van der Waals surface area contributed by atoms with Crippen molar-refractivity contribution in [1.82, 2.24) is 5.32 Å². The van der Waals surface area contributed by atoms with E-state index in [2.05, 4.69) is 24.1 Å². The van der Waals surface area contributed by atoms with Gasteiger partial charge in [-0.2, -0.15) is 13.2 Å². The second-order valence-electron chi connectivity index (χ2n) is 5.39. The van der Waals surface area contributed by atoms with Crippen LogP contribution in [-0.4, -0.2) is 25.2 Å². The van der Waals surface area contributed by atoms with Gasteiger partial charge in [0.1, 0.15) is 0 Å². The number of piperazine rings is 1. The van der Waals surface area contributed by atoms with Crippen LogP contribution in [0.25, 0.3) is 0 Å². The summed E-state index contributed by atoms with van der Waals surface area (Å²) >= 11 is 6.12. The average molecular weight is 321 g/mol. The van der Waals surface area contributed by atoms with Crippen LogP contribution in [0.4, 0.5) is 18.9 Å². The lowest BCUT2D eigenvalue weighted by Gasteiger charge is -2.42. The van der Waals surface area contributed by atoms with Crippen LogP contribution >= 0.6 is 11.6 Å². The maximum atomic E-state index is 12.7. The second-order valence-corrected chi connectivity index (χ2v) is 5.80. The van der Waals surface area contributed by atoms with Crippen molar-refractivity contribution < 1.29 is 13.2 Å². The highest BCUT2D eigenvalue weighted by Gasteiger charge is 2.32. The summed E-state index contributed by atoms with van der Waals surface area (Å²) in [6.45, 7) is 5.76. The molecule has 2 unspecified atom stereocenters. The zero-order valence-corrected chi connectivity index (χ0v) is 12.9. The Hall–Kier alpha value is -0.940. The van der Waals surface area contributed by atoms with Gasteiger partial charge in [0, 0.05) is 25.2 Å². The predicted octanol–water partition coefficient (Wildman–Crippen LogP) is 4.33. The van der Waals surface area contributed by atoms with Crippen molar-refractivity contribution >= 4 is 17.3 Å². The van der Waals surface area contributed by atoms with E-state index in [1.807, 2.05) is 0 Å². The van der Waals surface area contributed by atoms with Crippen molar-refractivity contribution in [3.05, 3.63) is 28.8 Å². The van der Waals surface area contributed by atoms with E-state index in [1.54, 1.807) is 0 Å². The second kappa shape index (κ2) is 6.44. The molecule has 1 aromatic carbocycles. The van der Waals surface area contributed by atoms with Gasteiger partial charge in [0.15, 0.2) is 0 Å². The Morgan fingerprint density at radius 2 is 2.00 bits per heavy atom. The van der Waals surface area contributed by atoms with Crippen molar-refractivity contribution in [1.29, 1.82) is 0 Å². The summed E-state index contributed by atoms with van der Waals surface area (Å²) < 4.78 is 38.2. The minimum absolute atomic E-state index is 0.167. The Bertz CT molecular complexity index is 490. The van der Waals surface area contributed by atoms with Gasteiger partial charge in [0.25, 0.3) is 0 Å². The Balaban J connectivity index is 2.30. The van der Waals surface area contributed by atoms with E-state index >= 15 is 0 Å². The number of alkyl halides is 3. The lowest BCUT2D eigenvalue weighted by Crippen LogP contribution is -2.56. The summed E-state index contributed by atoms with van der Waals surface area (Å²) in [5.41, 5.74) is -0.0112. The zero-order chi connectivity index (χ0) is 15.6. The fourth-order valence-electron chi connectivity index (χ4n) is 2.71. The predicted molar refractivity (Wildman–Crippen MR) is 80.0 cm³/mol. The highest BCUT2D eigenvalue weighted by Crippen LogP contribution is 2.36. The molecule has 0 bridgehead atoms. The van der Waals surface area contributed by atoms with E-state index in [9.17, 15) is 13.2 Å². The number of benzene rings is 1. The molecule has 21 heavy (non-hydrogen) atoms. The number of hydrogen-bond acceptors (Lipinski definition) is 2. The summed E-state index contributed by atoms with van der Waals surface area (Å²) in [7, 11) is 0. The van der Waals surface area contributed by atoms with Gasteiger partial charge in [-0.1, -0.05) is 25.4 Å². The van der Waals surface area contributed by atoms with Crippen molar-refractivity contribution in [2.24, 2.45) is 0 Å². The first kappa shape index (κ1) is 16.4. The maximum absolute atomic E-state index is 12.7. The molecular weight excluding hydrogens is 301 g/mol. The van der Waals surface area contributed by atoms with Crippen LogP contribution < -0.4 is 10.2 Å². The van der Waals surface area contributed by atoms with Crippen LogP contribution in [0.3, 0.4) is 0 Å². The third kappa shape index (κ3) is 3.64. The van der Waals surface area contributed by atoms with Crippen LogP contribution in [0.15, 0.2) is 18.2 Å². The summed E-state index contributed by atoms with van der Waals surface area (Å²) in [5, 5.41) is 3.63. The largest absolute Gasteiger partial charge is 0.416 e. The minimum Gasteiger partial charge on any atom is -0.365 e. The number of rotatable bonds is 3. The number of anilines is 1. The molecule has 1 fully saturated rings. The summed E-state index contributed by atoms with van der Waals surface area (Å²) in [6, 6.07) is 4.21. The number of nitrogens with one attached hydrogen (secondary N) is 1. The molecule has 0 aliphatic carbocycles. The molecule has 2 atom stereocenters. The van der Waals surface area contributed by atoms with E-state index < -0.39 is 11.7 Å². The molecule has 2 rings (SSSR count). The average Bonchev–Trinajstić information content (AvgIpc) is 2.45. The normalized spacial score (nSPS) is 23.4. The smallest absolute Gasteiger partial charge is 0.365 e. The Labute approximate surface area is 128 Å². The molecular formula is C15H20ClF3N2. The number of halogens is 4. The molecule has 0 amide bonds. The lowest BCUT2D eigenvalue weighted by atomic mass is 10.0. The monoisotopic (exact) mass is 320 g/mol. The van der Waals surface area contributed by atoms with Crippen molar-refractivity contribution in [2.45, 2.75) is 44.9 Å². The molecule has 0 spiro atoms. The quantitative estimate of drug-likeness (QED) is 0.892. The minimum atomic E-state index is -4.36. The highest BCUT2D eigenvalue weighted by molar-refractivity contribution is 6.33. The molecule has 0 aromatic heterocycles. The fourth-order valence-corrected chi connectivity index (χ4v) is 3.00. The molecule has 118 valence electrons. The molecule has 1 aromatic rings. The van der Waals surface area contributed by atoms with Crippen LogP contribution in [0, 0.1) is 0 Å². The Morgan fingerprint density at radius 1 is 1.29 bits per heavy atom. The first-order valence-corrected chi connectivity index (χ1v) is 7.61. The molecule has 2 nitrogen and oxygen atoms in total. The standard InChI is InChI=1S/C15H20ClF3N2/c1-3-11-9-21(12(4-2)8-20-11)14-6-5-10(7-13(14)16)15(17,18)19/h5-7,11-12,20H,3-4,8-9H2,1-2H3. The van der Waals surface area contributed by atoms with E-state index in [-0.39, 0.29) is 11.1 Å². The summed E-state index contributed by atoms with van der Waals surface area (Å²) in [4.78, 5) is 2.13. The highest BCUT2D eigenvalue weighted by atomic mass is 35.5. The van der Waals surface area contributed by atoms with E-state index in [0.717, 1.165) is 38.1 Å². The van der Waals surface area contributed by atoms with Crippen molar-refractivity contribution in [2.75, 3.05) is 18.0 Å². The van der Waals surface area contributed by atoms with Gasteiger partial charge < -0.3 is 10.2 Å². The van der Waals surface area contributed by atoms with Gasteiger partial charge in [-0.3, -0.25) is 0 Å². The van der Waals surface area contributed by atoms with Crippen molar-refractivity contribution in [3.63, 3.8) is 0 Å². The molecule has 0 saturated carbocycles. The van der Waals surface area contributed by atoms with Gasteiger partial charge >= 0.3 is 6.18 Å².